The van der Waals surface area contributed by atoms with Gasteiger partial charge >= 0.3 is 0 Å². The van der Waals surface area contributed by atoms with Gasteiger partial charge in [0.2, 0.25) is 0 Å². The number of amides is 1. The topological polar surface area (TPSA) is 40.5 Å². The molecule has 1 amide bonds. The molecule has 2 rings (SSSR count). The Bertz CT molecular complexity index is 304. The van der Waals surface area contributed by atoms with E-state index in [2.05, 4.69) is 6.07 Å². The number of benzene rings is 1. The first kappa shape index (κ1) is 8.26. The summed E-state index contributed by atoms with van der Waals surface area (Å²) in [6.07, 6.45) is -0.340. The van der Waals surface area contributed by atoms with Crippen LogP contribution in [0.2, 0.25) is 0 Å². The molecule has 1 aromatic rings. The molecule has 0 aliphatic carbocycles. The van der Waals surface area contributed by atoms with Gasteiger partial charge in [0.15, 0.2) is 0 Å². The van der Waals surface area contributed by atoms with Gasteiger partial charge < -0.3 is 10.0 Å². The van der Waals surface area contributed by atoms with Gasteiger partial charge in [-0.15, -0.1) is 0 Å². The zero-order valence-electron chi connectivity index (χ0n) is 7.10. The van der Waals surface area contributed by atoms with E-state index in [-0.39, 0.29) is 12.0 Å². The third kappa shape index (κ3) is 1.55. The number of hydrogen-bond acceptors (Lipinski definition) is 2. The lowest BCUT2D eigenvalue weighted by Crippen LogP contribution is -2.53. The molecule has 1 fully saturated rings. The molecule has 1 saturated heterocycles. The monoisotopic (exact) mass is 176 g/mol. The summed E-state index contributed by atoms with van der Waals surface area (Å²) in [6.45, 7) is 0.892. The molecule has 13 heavy (non-hydrogen) atoms. The molecule has 1 N–H and O–H groups in total. The fraction of sp³-hybridized carbons (Fsp3) is 0.300. The smallest absolute Gasteiger partial charge is 0.254 e. The molecule has 1 aliphatic heterocycles. The first-order valence-corrected chi connectivity index (χ1v) is 4.21. The summed E-state index contributed by atoms with van der Waals surface area (Å²) in [5.41, 5.74) is 0.564. The van der Waals surface area contributed by atoms with Crippen molar-refractivity contribution < 1.29 is 9.90 Å². The molecule has 0 atom stereocenters. The minimum Gasteiger partial charge on any atom is -0.389 e. The van der Waals surface area contributed by atoms with Gasteiger partial charge in [0, 0.05) is 18.7 Å². The van der Waals surface area contributed by atoms with Gasteiger partial charge in [-0.3, -0.25) is 4.79 Å². The van der Waals surface area contributed by atoms with E-state index in [1.165, 1.54) is 0 Å². The maximum atomic E-state index is 11.6. The van der Waals surface area contributed by atoms with E-state index in [0.29, 0.717) is 18.7 Å². The number of rotatable bonds is 1. The highest BCUT2D eigenvalue weighted by molar-refractivity contribution is 5.94. The second-order valence-electron chi connectivity index (χ2n) is 3.14. The second kappa shape index (κ2) is 3.18. The maximum absolute atomic E-state index is 11.6. The number of hydrogen-bond donors (Lipinski definition) is 1. The van der Waals surface area contributed by atoms with Gasteiger partial charge in [0.25, 0.3) is 5.91 Å². The van der Waals surface area contributed by atoms with Crippen LogP contribution in [0, 0.1) is 6.07 Å². The van der Waals surface area contributed by atoms with E-state index in [1.807, 2.05) is 6.07 Å². The zero-order chi connectivity index (χ0) is 9.26. The molecule has 1 aromatic carbocycles. The van der Waals surface area contributed by atoms with Crippen molar-refractivity contribution in [1.82, 2.24) is 4.90 Å². The third-order valence-corrected chi connectivity index (χ3v) is 2.09. The normalized spacial score (nSPS) is 16.8. The van der Waals surface area contributed by atoms with Crippen LogP contribution in [0.15, 0.2) is 24.3 Å². The maximum Gasteiger partial charge on any atom is 0.254 e. The fourth-order valence-electron chi connectivity index (χ4n) is 1.32. The number of aliphatic hydroxyl groups is 1. The SMILES string of the molecule is O=C(c1[c]cccc1)N1CC(O)C1. The Morgan fingerprint density at radius 2 is 2.31 bits per heavy atom. The van der Waals surface area contributed by atoms with E-state index in [1.54, 1.807) is 23.1 Å². The molecule has 0 saturated carbocycles. The minimum atomic E-state index is -0.340. The van der Waals surface area contributed by atoms with Crippen LogP contribution < -0.4 is 0 Å². The Balaban J connectivity index is 2.06. The number of nitrogens with zero attached hydrogens (tertiary/aromatic N) is 1. The van der Waals surface area contributed by atoms with Crippen molar-refractivity contribution in [2.75, 3.05) is 13.1 Å². The van der Waals surface area contributed by atoms with Crippen LogP contribution in [-0.2, 0) is 0 Å². The lowest BCUT2D eigenvalue weighted by Gasteiger charge is -2.35. The average Bonchev–Trinajstić information content (AvgIpc) is 2.13. The van der Waals surface area contributed by atoms with Crippen molar-refractivity contribution in [3.05, 3.63) is 35.9 Å². The van der Waals surface area contributed by atoms with E-state index in [0.717, 1.165) is 0 Å². The van der Waals surface area contributed by atoms with Crippen molar-refractivity contribution >= 4 is 5.91 Å². The highest BCUT2D eigenvalue weighted by Gasteiger charge is 2.29. The van der Waals surface area contributed by atoms with Gasteiger partial charge in [-0.05, 0) is 12.1 Å². The largest absolute Gasteiger partial charge is 0.389 e. The predicted octanol–water partition coefficient (Wildman–Crippen LogP) is 0.303. The molecule has 3 nitrogen and oxygen atoms in total. The molecule has 0 aromatic heterocycles. The molecular weight excluding hydrogens is 166 g/mol. The van der Waals surface area contributed by atoms with Crippen molar-refractivity contribution in [3.8, 4) is 0 Å². The van der Waals surface area contributed by atoms with Gasteiger partial charge in [0.1, 0.15) is 0 Å². The Labute approximate surface area is 76.6 Å². The first-order valence-electron chi connectivity index (χ1n) is 4.21. The summed E-state index contributed by atoms with van der Waals surface area (Å²) in [4.78, 5) is 13.2. The highest BCUT2D eigenvalue weighted by Crippen LogP contribution is 2.12. The molecule has 1 radical (unpaired) electrons. The van der Waals surface area contributed by atoms with Gasteiger partial charge in [0.05, 0.1) is 6.10 Å². The summed E-state index contributed by atoms with van der Waals surface area (Å²) in [5.74, 6) is -0.0501. The van der Waals surface area contributed by atoms with Crippen LogP contribution in [0.3, 0.4) is 0 Å². The Hall–Kier alpha value is -1.35. The van der Waals surface area contributed by atoms with Gasteiger partial charge in [-0.2, -0.15) is 0 Å². The van der Waals surface area contributed by atoms with Crippen LogP contribution in [0.5, 0.6) is 0 Å². The quantitative estimate of drug-likeness (QED) is 0.668. The number of β-amino-alcohol motifs (C(OH)–C–C–N with tert-alkyl or cyclic N) is 1. The van der Waals surface area contributed by atoms with Crippen molar-refractivity contribution in [1.29, 1.82) is 0 Å². The van der Waals surface area contributed by atoms with Gasteiger partial charge in [-0.25, -0.2) is 0 Å². The van der Waals surface area contributed by atoms with Crippen LogP contribution >= 0.6 is 0 Å². The highest BCUT2D eigenvalue weighted by atomic mass is 16.3. The Kier molecular flexibility index (Phi) is 2.02. The van der Waals surface area contributed by atoms with Crippen LogP contribution in [0.1, 0.15) is 10.4 Å². The van der Waals surface area contributed by atoms with E-state index in [4.69, 9.17) is 5.11 Å². The van der Waals surface area contributed by atoms with E-state index >= 15 is 0 Å². The van der Waals surface area contributed by atoms with Gasteiger partial charge in [-0.1, -0.05) is 18.2 Å². The molecular formula is C10H10NO2. The average molecular weight is 176 g/mol. The number of carbonyl (C=O) groups is 1. The molecule has 0 spiro atoms. The van der Waals surface area contributed by atoms with Crippen molar-refractivity contribution in [2.45, 2.75) is 6.10 Å². The molecule has 67 valence electrons. The minimum absolute atomic E-state index is 0.0501. The lowest BCUT2D eigenvalue weighted by molar-refractivity contribution is 0.00587. The molecule has 3 heteroatoms. The summed E-state index contributed by atoms with van der Waals surface area (Å²) >= 11 is 0. The van der Waals surface area contributed by atoms with Crippen LogP contribution in [0.4, 0.5) is 0 Å². The predicted molar refractivity (Wildman–Crippen MR) is 47.2 cm³/mol. The Morgan fingerprint density at radius 3 is 2.85 bits per heavy atom. The number of aliphatic hydroxyl groups excluding tert-OH is 1. The third-order valence-electron chi connectivity index (χ3n) is 2.09. The molecule has 1 heterocycles. The lowest BCUT2D eigenvalue weighted by atomic mass is 10.1. The zero-order valence-corrected chi connectivity index (χ0v) is 7.10. The number of likely N-dealkylation sites (tertiary alicyclic amines) is 1. The van der Waals surface area contributed by atoms with Crippen LogP contribution in [-0.4, -0.2) is 35.1 Å². The standard InChI is InChI=1S/C10H10NO2/c12-9-6-11(7-9)10(13)8-4-2-1-3-5-8/h1-4,9,12H,6-7H2. The van der Waals surface area contributed by atoms with E-state index < -0.39 is 0 Å². The van der Waals surface area contributed by atoms with Crippen LogP contribution in [0.25, 0.3) is 0 Å². The summed E-state index contributed by atoms with van der Waals surface area (Å²) in [7, 11) is 0. The second-order valence-corrected chi connectivity index (χ2v) is 3.14. The summed E-state index contributed by atoms with van der Waals surface area (Å²) in [6, 6.07) is 9.93. The van der Waals surface area contributed by atoms with Crippen molar-refractivity contribution in [2.24, 2.45) is 0 Å². The molecule has 0 bridgehead atoms. The molecule has 0 unspecified atom stereocenters. The first-order chi connectivity index (χ1) is 6.27. The fourth-order valence-corrected chi connectivity index (χ4v) is 1.32. The number of carbonyl (C=O) groups excluding carboxylic acids is 1. The van der Waals surface area contributed by atoms with E-state index in [9.17, 15) is 4.79 Å². The van der Waals surface area contributed by atoms with Crippen molar-refractivity contribution in [3.63, 3.8) is 0 Å². The molecule has 1 aliphatic rings. The Morgan fingerprint density at radius 1 is 1.54 bits per heavy atom. The summed E-state index contributed by atoms with van der Waals surface area (Å²) < 4.78 is 0. The summed E-state index contributed by atoms with van der Waals surface area (Å²) in [5, 5.41) is 9.01.